The van der Waals surface area contributed by atoms with Gasteiger partial charge in [0.2, 0.25) is 0 Å². The summed E-state index contributed by atoms with van der Waals surface area (Å²) in [5, 5.41) is 4.40. The summed E-state index contributed by atoms with van der Waals surface area (Å²) in [6.07, 6.45) is 3.12. The first-order chi connectivity index (χ1) is 12.2. The molecule has 25 heavy (non-hydrogen) atoms. The molecule has 3 nitrogen and oxygen atoms in total. The van der Waals surface area contributed by atoms with Crippen molar-refractivity contribution in [3.63, 3.8) is 0 Å². The summed E-state index contributed by atoms with van der Waals surface area (Å²) in [5.74, 6) is 0. The topological polar surface area (TPSA) is 30.5 Å². The van der Waals surface area contributed by atoms with Crippen molar-refractivity contribution in [2.75, 3.05) is 20.3 Å². The van der Waals surface area contributed by atoms with E-state index in [-0.39, 0.29) is 5.60 Å². The Morgan fingerprint density at radius 3 is 2.60 bits per heavy atom. The van der Waals surface area contributed by atoms with Gasteiger partial charge in [-0.25, -0.2) is 0 Å². The average molecular weight is 360 g/mol. The highest BCUT2D eigenvalue weighted by molar-refractivity contribution is 6.30. The standard InChI is InChI=1S/C21H26ClNO2/c1-24-13-5-8-20-14-21(16-23-20,18-9-11-19(22)12-10-18)25-15-17-6-3-2-4-7-17/h2-4,6-7,9-12,20,23H,5,8,13-16H2,1H3. The van der Waals surface area contributed by atoms with Gasteiger partial charge >= 0.3 is 0 Å². The van der Waals surface area contributed by atoms with E-state index in [1.165, 1.54) is 11.1 Å². The van der Waals surface area contributed by atoms with Gasteiger partial charge in [-0.15, -0.1) is 0 Å². The molecule has 1 N–H and O–H groups in total. The summed E-state index contributed by atoms with van der Waals surface area (Å²) < 4.78 is 11.7. The minimum absolute atomic E-state index is 0.307. The summed E-state index contributed by atoms with van der Waals surface area (Å²) in [6, 6.07) is 18.9. The number of halogens is 1. The SMILES string of the molecule is COCCCC1CC(OCc2ccccc2)(c2ccc(Cl)cc2)CN1. The minimum atomic E-state index is -0.307. The molecule has 0 amide bonds. The number of rotatable bonds is 8. The summed E-state index contributed by atoms with van der Waals surface area (Å²) >= 11 is 6.08. The molecule has 1 aliphatic heterocycles. The highest BCUT2D eigenvalue weighted by atomic mass is 35.5. The van der Waals surface area contributed by atoms with Crippen molar-refractivity contribution < 1.29 is 9.47 Å². The Labute approximate surface area is 155 Å². The fourth-order valence-electron chi connectivity index (χ4n) is 3.49. The molecule has 2 atom stereocenters. The second kappa shape index (κ2) is 8.81. The zero-order valence-electron chi connectivity index (χ0n) is 14.7. The smallest absolute Gasteiger partial charge is 0.107 e. The number of nitrogens with one attached hydrogen (secondary N) is 1. The zero-order chi connectivity index (χ0) is 17.5. The lowest BCUT2D eigenvalue weighted by Gasteiger charge is -2.30. The van der Waals surface area contributed by atoms with Gasteiger partial charge in [-0.05, 0) is 42.5 Å². The molecule has 0 radical (unpaired) electrons. The Morgan fingerprint density at radius 2 is 1.88 bits per heavy atom. The summed E-state index contributed by atoms with van der Waals surface area (Å²) in [4.78, 5) is 0. The van der Waals surface area contributed by atoms with E-state index in [2.05, 4.69) is 29.6 Å². The molecule has 0 aliphatic carbocycles. The van der Waals surface area contributed by atoms with Crippen LogP contribution in [0.2, 0.25) is 5.02 Å². The normalized spacial score (nSPS) is 23.0. The summed E-state index contributed by atoms with van der Waals surface area (Å²) in [6.45, 7) is 2.23. The molecule has 3 rings (SSSR count). The Morgan fingerprint density at radius 1 is 1.12 bits per heavy atom. The third-order valence-electron chi connectivity index (χ3n) is 4.88. The number of methoxy groups -OCH3 is 1. The van der Waals surface area contributed by atoms with Crippen LogP contribution in [0, 0.1) is 0 Å². The van der Waals surface area contributed by atoms with Crippen LogP contribution in [0.1, 0.15) is 30.4 Å². The molecule has 2 unspecified atom stereocenters. The van der Waals surface area contributed by atoms with E-state index in [0.717, 1.165) is 37.4 Å². The molecule has 0 aromatic heterocycles. The van der Waals surface area contributed by atoms with Crippen LogP contribution in [-0.2, 0) is 21.7 Å². The molecule has 0 bridgehead atoms. The first-order valence-electron chi connectivity index (χ1n) is 8.88. The van der Waals surface area contributed by atoms with Crippen LogP contribution < -0.4 is 5.32 Å². The zero-order valence-corrected chi connectivity index (χ0v) is 15.5. The Bertz CT molecular complexity index is 647. The molecule has 134 valence electrons. The molecule has 1 saturated heterocycles. The first-order valence-corrected chi connectivity index (χ1v) is 9.26. The number of ether oxygens (including phenoxy) is 2. The van der Waals surface area contributed by atoms with E-state index in [1.807, 2.05) is 30.3 Å². The van der Waals surface area contributed by atoms with Crippen LogP contribution in [0.4, 0.5) is 0 Å². The van der Waals surface area contributed by atoms with E-state index in [9.17, 15) is 0 Å². The van der Waals surface area contributed by atoms with E-state index in [0.29, 0.717) is 12.6 Å². The fourth-order valence-corrected chi connectivity index (χ4v) is 3.62. The molecule has 2 aromatic carbocycles. The van der Waals surface area contributed by atoms with Crippen LogP contribution >= 0.6 is 11.6 Å². The van der Waals surface area contributed by atoms with Crippen molar-refractivity contribution in [1.29, 1.82) is 0 Å². The van der Waals surface area contributed by atoms with E-state index in [1.54, 1.807) is 7.11 Å². The van der Waals surface area contributed by atoms with Gasteiger partial charge in [0, 0.05) is 31.3 Å². The van der Waals surface area contributed by atoms with E-state index in [4.69, 9.17) is 21.1 Å². The predicted octanol–water partition coefficient (Wildman–Crippen LogP) is 4.54. The molecule has 2 aromatic rings. The highest BCUT2D eigenvalue weighted by Crippen LogP contribution is 2.37. The highest BCUT2D eigenvalue weighted by Gasteiger charge is 2.41. The van der Waals surface area contributed by atoms with E-state index < -0.39 is 0 Å². The monoisotopic (exact) mass is 359 g/mol. The molecule has 0 spiro atoms. The number of hydrogen-bond acceptors (Lipinski definition) is 3. The third kappa shape index (κ3) is 4.83. The second-order valence-electron chi connectivity index (χ2n) is 6.69. The molecular weight excluding hydrogens is 334 g/mol. The third-order valence-corrected chi connectivity index (χ3v) is 5.13. The summed E-state index contributed by atoms with van der Waals surface area (Å²) in [5.41, 5.74) is 2.08. The predicted molar refractivity (Wildman–Crippen MR) is 102 cm³/mol. The van der Waals surface area contributed by atoms with Crippen LogP contribution in [-0.4, -0.2) is 26.3 Å². The molecule has 1 aliphatic rings. The molecule has 1 fully saturated rings. The first kappa shape index (κ1) is 18.4. The van der Waals surface area contributed by atoms with Gasteiger partial charge in [-0.2, -0.15) is 0 Å². The van der Waals surface area contributed by atoms with Crippen LogP contribution in [0.3, 0.4) is 0 Å². The van der Waals surface area contributed by atoms with Crippen molar-refractivity contribution in [1.82, 2.24) is 5.32 Å². The van der Waals surface area contributed by atoms with Crippen LogP contribution in [0.5, 0.6) is 0 Å². The van der Waals surface area contributed by atoms with Gasteiger partial charge in [0.25, 0.3) is 0 Å². The molecule has 4 heteroatoms. The maximum Gasteiger partial charge on any atom is 0.107 e. The minimum Gasteiger partial charge on any atom is -0.385 e. The Balaban J connectivity index is 1.73. The van der Waals surface area contributed by atoms with Crippen LogP contribution in [0.25, 0.3) is 0 Å². The maximum atomic E-state index is 6.50. The van der Waals surface area contributed by atoms with E-state index >= 15 is 0 Å². The van der Waals surface area contributed by atoms with Gasteiger partial charge in [0.1, 0.15) is 5.60 Å². The summed E-state index contributed by atoms with van der Waals surface area (Å²) in [7, 11) is 1.75. The molecular formula is C21H26ClNO2. The second-order valence-corrected chi connectivity index (χ2v) is 7.13. The van der Waals surface area contributed by atoms with Gasteiger partial charge < -0.3 is 14.8 Å². The largest absolute Gasteiger partial charge is 0.385 e. The Kier molecular flexibility index (Phi) is 6.49. The Hall–Kier alpha value is -1.39. The van der Waals surface area contributed by atoms with Gasteiger partial charge in [-0.3, -0.25) is 0 Å². The quantitative estimate of drug-likeness (QED) is 0.702. The van der Waals surface area contributed by atoms with Crippen molar-refractivity contribution in [2.45, 2.75) is 37.5 Å². The van der Waals surface area contributed by atoms with Crippen molar-refractivity contribution >= 4 is 11.6 Å². The van der Waals surface area contributed by atoms with Crippen molar-refractivity contribution in [3.8, 4) is 0 Å². The van der Waals surface area contributed by atoms with Crippen LogP contribution in [0.15, 0.2) is 54.6 Å². The molecule has 0 saturated carbocycles. The molecule has 1 heterocycles. The number of hydrogen-bond donors (Lipinski definition) is 1. The number of benzene rings is 2. The average Bonchev–Trinajstić information content (AvgIpc) is 3.06. The van der Waals surface area contributed by atoms with Crippen molar-refractivity contribution in [2.24, 2.45) is 0 Å². The lowest BCUT2D eigenvalue weighted by atomic mass is 9.89. The maximum absolute atomic E-state index is 6.50. The van der Waals surface area contributed by atoms with Gasteiger partial charge in [-0.1, -0.05) is 54.1 Å². The fraction of sp³-hybridized carbons (Fsp3) is 0.429. The van der Waals surface area contributed by atoms with Gasteiger partial charge in [0.15, 0.2) is 0 Å². The van der Waals surface area contributed by atoms with Gasteiger partial charge in [0.05, 0.1) is 6.61 Å². The van der Waals surface area contributed by atoms with Crippen molar-refractivity contribution in [3.05, 3.63) is 70.7 Å². The lowest BCUT2D eigenvalue weighted by molar-refractivity contribution is -0.0489. The lowest BCUT2D eigenvalue weighted by Crippen LogP contribution is -2.32.